The van der Waals surface area contributed by atoms with Gasteiger partial charge in [0, 0.05) is 90.9 Å². The lowest BCUT2D eigenvalue weighted by Crippen LogP contribution is -2.80. The van der Waals surface area contributed by atoms with Crippen LogP contribution in [0.1, 0.15) is 81.7 Å². The van der Waals surface area contributed by atoms with E-state index in [9.17, 15) is 14.7 Å². The van der Waals surface area contributed by atoms with Crippen molar-refractivity contribution in [3.05, 3.63) is 82.6 Å². The first-order valence-electron chi connectivity index (χ1n) is 22.4. The summed E-state index contributed by atoms with van der Waals surface area (Å²) in [7, 11) is 5.13. The summed E-state index contributed by atoms with van der Waals surface area (Å²) in [6.07, 6.45) is 10.6. The van der Waals surface area contributed by atoms with E-state index in [2.05, 4.69) is 76.0 Å². The number of hydrogen-bond donors (Lipinski definition) is 2. The minimum Gasteiger partial charge on any atom is -0.496 e. The maximum absolute atomic E-state index is 15.4. The van der Waals surface area contributed by atoms with Gasteiger partial charge in [-0.05, 0) is 80.7 Å². The van der Waals surface area contributed by atoms with Crippen molar-refractivity contribution in [2.45, 2.75) is 100 Å². The average Bonchev–Trinajstić information content (AvgIpc) is 3.88. The maximum Gasteiger partial charge on any atom is 0.322 e. The van der Waals surface area contributed by atoms with E-state index in [1.165, 1.54) is 19.6 Å². The number of ether oxygens (including phenoxy) is 4. The number of methoxy groups -OCH3 is 2. The molecular formula is C49H60N4O8. The van der Waals surface area contributed by atoms with Gasteiger partial charge in [-0.25, -0.2) is 0 Å². The summed E-state index contributed by atoms with van der Waals surface area (Å²) in [5.74, 6) is -0.790. The molecule has 2 aromatic carbocycles. The SMILES string of the molecule is CCC1=C[C@@H]2CN(CCc3c([nH]c4ccccc34)[C@@](C(=O)OC)(c3cc4c(cc3OC)N(C)[C@H]3[C@@](O)(COC(=O)C5CC5)[C@H](OC(C)=O)[C@]5(CC)C=CCN6CC[C@]43[C@@H]65)C2)C1. The van der Waals surface area contributed by atoms with Gasteiger partial charge in [0.25, 0.3) is 0 Å². The number of para-hydroxylation sites is 1. The number of H-pyrrole nitrogens is 1. The summed E-state index contributed by atoms with van der Waals surface area (Å²) < 4.78 is 24.9. The van der Waals surface area contributed by atoms with Crippen LogP contribution in [0.5, 0.6) is 5.75 Å². The zero-order chi connectivity index (χ0) is 42.6. The number of aliphatic hydroxyl groups is 1. The van der Waals surface area contributed by atoms with E-state index >= 15 is 4.79 Å². The van der Waals surface area contributed by atoms with Crippen molar-refractivity contribution < 1.29 is 38.4 Å². The fourth-order valence-corrected chi connectivity index (χ4v) is 13.6. The van der Waals surface area contributed by atoms with E-state index in [4.69, 9.17) is 18.9 Å². The zero-order valence-corrected chi connectivity index (χ0v) is 36.4. The van der Waals surface area contributed by atoms with Gasteiger partial charge < -0.3 is 33.9 Å². The molecule has 61 heavy (non-hydrogen) atoms. The van der Waals surface area contributed by atoms with Crippen LogP contribution in [-0.2, 0) is 45.8 Å². The monoisotopic (exact) mass is 832 g/mol. The molecule has 12 nitrogen and oxygen atoms in total. The third-order valence-electron chi connectivity index (χ3n) is 16.0. The molecule has 2 N–H and O–H groups in total. The normalized spacial score (nSPS) is 34.8. The zero-order valence-electron chi connectivity index (χ0n) is 36.4. The van der Waals surface area contributed by atoms with E-state index in [-0.39, 0.29) is 36.4 Å². The molecule has 3 fully saturated rings. The number of nitrogens with one attached hydrogen (secondary N) is 1. The van der Waals surface area contributed by atoms with E-state index in [0.29, 0.717) is 31.6 Å². The van der Waals surface area contributed by atoms with Gasteiger partial charge in [-0.15, -0.1) is 0 Å². The Morgan fingerprint density at radius 2 is 1.84 bits per heavy atom. The van der Waals surface area contributed by atoms with Gasteiger partial charge in [-0.3, -0.25) is 24.2 Å². The van der Waals surface area contributed by atoms with Gasteiger partial charge in [0.05, 0.1) is 26.2 Å². The summed E-state index contributed by atoms with van der Waals surface area (Å²) in [5.41, 5.74) is 2.12. The van der Waals surface area contributed by atoms with Gasteiger partial charge in [0.15, 0.2) is 5.60 Å². The lowest BCUT2D eigenvalue weighted by molar-refractivity contribution is -0.232. The number of aromatic amines is 1. The average molecular weight is 833 g/mol. The standard InChI is InChI=1S/C49H60N4O8/c1-7-30-22-31-25-48(45(56)59-6,40-34(16-20-52(26-30)27-31)33-12-9-10-13-37(33)50-40)36-23-35-38(24-39(36)58-5)51(4)43-47(35)18-21-53-19-11-17-46(8-2,42(47)53)44(61-29(3)54)49(43,57)28-60-41(55)32-14-15-32/h9-13,17,22-24,31-32,42-44,50,57H,7-8,14-16,18-21,25-28H2,1-6H3/t31-,42-,43+,44+,46+,47+,48-,49-/m0/s1. The Bertz CT molecular complexity index is 2370. The molecule has 2 aliphatic carbocycles. The Morgan fingerprint density at radius 3 is 2.56 bits per heavy atom. The van der Waals surface area contributed by atoms with E-state index in [1.54, 1.807) is 7.11 Å². The molecule has 2 bridgehead atoms. The number of aromatic nitrogens is 1. The van der Waals surface area contributed by atoms with Gasteiger partial charge in [0.2, 0.25) is 0 Å². The molecule has 324 valence electrons. The van der Waals surface area contributed by atoms with Crippen molar-refractivity contribution in [3.63, 3.8) is 0 Å². The number of benzene rings is 2. The Morgan fingerprint density at radius 1 is 1.03 bits per heavy atom. The van der Waals surface area contributed by atoms with Crippen molar-refractivity contribution in [1.82, 2.24) is 14.8 Å². The third kappa shape index (κ3) is 5.63. The highest BCUT2D eigenvalue weighted by Gasteiger charge is 2.78. The smallest absolute Gasteiger partial charge is 0.322 e. The highest BCUT2D eigenvalue weighted by molar-refractivity contribution is 5.94. The topological polar surface area (TPSA) is 134 Å². The fourth-order valence-electron chi connectivity index (χ4n) is 13.6. The quantitative estimate of drug-likeness (QED) is 0.159. The lowest BCUT2D eigenvalue weighted by Gasteiger charge is -2.64. The highest BCUT2D eigenvalue weighted by Crippen LogP contribution is 2.68. The molecule has 1 spiro atoms. The molecule has 1 aromatic heterocycles. The summed E-state index contributed by atoms with van der Waals surface area (Å²) in [4.78, 5) is 52.8. The number of carbonyl (C=O) groups is 3. The predicted octanol–water partition coefficient (Wildman–Crippen LogP) is 5.58. The van der Waals surface area contributed by atoms with Crippen LogP contribution in [0.15, 0.2) is 60.2 Å². The summed E-state index contributed by atoms with van der Waals surface area (Å²) in [6, 6.07) is 11.7. The Hall–Kier alpha value is -4.65. The van der Waals surface area contributed by atoms with Crippen LogP contribution in [0.2, 0.25) is 0 Å². The van der Waals surface area contributed by atoms with Gasteiger partial charge in [-0.1, -0.05) is 55.8 Å². The number of hydrogen-bond acceptors (Lipinski definition) is 11. The molecule has 12 heteroatoms. The van der Waals surface area contributed by atoms with Crippen LogP contribution >= 0.6 is 0 Å². The van der Waals surface area contributed by atoms with Gasteiger partial charge in [-0.2, -0.15) is 0 Å². The minimum absolute atomic E-state index is 0.0373. The Balaban J connectivity index is 1.25. The largest absolute Gasteiger partial charge is 0.496 e. The highest BCUT2D eigenvalue weighted by atomic mass is 16.6. The van der Waals surface area contributed by atoms with Crippen molar-refractivity contribution in [3.8, 4) is 5.75 Å². The molecule has 7 aliphatic rings. The molecular weight excluding hydrogens is 773 g/mol. The Kier molecular flexibility index (Phi) is 9.58. The molecule has 10 rings (SSSR count). The number of carbonyl (C=O) groups excluding carboxylic acids is 3. The minimum atomic E-state index is -1.82. The first-order valence-corrected chi connectivity index (χ1v) is 22.4. The molecule has 1 unspecified atom stereocenters. The van der Waals surface area contributed by atoms with Crippen LogP contribution in [-0.4, -0.2) is 122 Å². The number of likely N-dealkylation sites (N-methyl/N-ethyl adjacent to an activating group) is 1. The first-order chi connectivity index (χ1) is 29.4. The van der Waals surface area contributed by atoms with Crippen LogP contribution in [0.4, 0.5) is 5.69 Å². The van der Waals surface area contributed by atoms with E-state index < -0.39 is 40.0 Å². The molecule has 0 amide bonds. The van der Waals surface area contributed by atoms with Crippen molar-refractivity contribution >= 4 is 34.5 Å². The van der Waals surface area contributed by atoms with Crippen molar-refractivity contribution in [2.24, 2.45) is 17.3 Å². The van der Waals surface area contributed by atoms with Crippen molar-refractivity contribution in [1.29, 1.82) is 0 Å². The van der Waals surface area contributed by atoms with Gasteiger partial charge in [0.1, 0.15) is 23.9 Å². The van der Waals surface area contributed by atoms with E-state index in [0.717, 1.165) is 90.8 Å². The molecule has 9 atom stereocenters. The van der Waals surface area contributed by atoms with Gasteiger partial charge >= 0.3 is 17.9 Å². The molecule has 0 radical (unpaired) electrons. The van der Waals surface area contributed by atoms with Crippen molar-refractivity contribution in [2.75, 3.05) is 65.5 Å². The second-order valence-electron chi connectivity index (χ2n) is 19.1. The van der Waals surface area contributed by atoms with Crippen LogP contribution in [0.25, 0.3) is 10.9 Å². The molecule has 6 heterocycles. The fraction of sp³-hybridized carbons (Fsp3) is 0.571. The lowest BCUT2D eigenvalue weighted by atomic mass is 9.47. The third-order valence-corrected chi connectivity index (χ3v) is 16.0. The van der Waals surface area contributed by atoms with E-state index in [1.807, 2.05) is 19.2 Å². The number of anilines is 1. The molecule has 2 saturated carbocycles. The number of nitrogens with zero attached hydrogens (tertiary/aromatic N) is 3. The number of rotatable bonds is 9. The molecule has 5 aliphatic heterocycles. The first kappa shape index (κ1) is 40.4. The molecule has 3 aromatic rings. The number of esters is 3. The van der Waals surface area contributed by atoms with Crippen LogP contribution in [0, 0.1) is 17.3 Å². The Labute approximate surface area is 358 Å². The summed E-state index contributed by atoms with van der Waals surface area (Å²) in [5, 5.41) is 14.8. The predicted molar refractivity (Wildman–Crippen MR) is 231 cm³/mol. The van der Waals surface area contributed by atoms with Crippen LogP contribution in [0.3, 0.4) is 0 Å². The number of fused-ring (bicyclic) bond motifs is 6. The maximum atomic E-state index is 15.4. The summed E-state index contributed by atoms with van der Waals surface area (Å²) >= 11 is 0. The van der Waals surface area contributed by atoms with Crippen LogP contribution < -0.4 is 9.64 Å². The second kappa shape index (κ2) is 14.5. The molecule has 1 saturated heterocycles. The summed E-state index contributed by atoms with van der Waals surface area (Å²) in [6.45, 7) is 9.39. The second-order valence-corrected chi connectivity index (χ2v) is 19.1.